The Kier molecular flexibility index (Phi) is 3.48. The second kappa shape index (κ2) is 4.64. The van der Waals surface area contributed by atoms with Crippen molar-refractivity contribution in [2.45, 2.75) is 25.9 Å². The minimum atomic E-state index is -0.638. The Hall–Kier alpha value is -1.33. The van der Waals surface area contributed by atoms with E-state index in [1.807, 2.05) is 37.3 Å². The summed E-state index contributed by atoms with van der Waals surface area (Å²) in [5.41, 5.74) is 2.00. The number of aryl methyl sites for hydroxylation is 1. The molecular formula is C11H13NO. The third-order valence-corrected chi connectivity index (χ3v) is 2.08. The molecule has 2 heteroatoms. The molecule has 1 unspecified atom stereocenters. The van der Waals surface area contributed by atoms with Crippen molar-refractivity contribution in [1.29, 1.82) is 5.26 Å². The fourth-order valence-corrected chi connectivity index (χ4v) is 1.38. The Morgan fingerprint density at radius 2 is 2.15 bits per heavy atom. The molecule has 0 radical (unpaired) electrons. The molecule has 13 heavy (non-hydrogen) atoms. The van der Waals surface area contributed by atoms with Gasteiger partial charge in [-0.2, -0.15) is 5.26 Å². The van der Waals surface area contributed by atoms with Crippen LogP contribution in [0.15, 0.2) is 24.3 Å². The highest BCUT2D eigenvalue weighted by molar-refractivity contribution is 5.29. The van der Waals surface area contributed by atoms with Gasteiger partial charge < -0.3 is 5.11 Å². The summed E-state index contributed by atoms with van der Waals surface area (Å²) < 4.78 is 0. The average molecular weight is 175 g/mol. The summed E-state index contributed by atoms with van der Waals surface area (Å²) >= 11 is 0. The summed E-state index contributed by atoms with van der Waals surface area (Å²) in [7, 11) is 0. The molecule has 0 aliphatic rings. The number of rotatable bonds is 3. The maximum Gasteiger partial charge on any atom is 0.0922 e. The van der Waals surface area contributed by atoms with Crippen LogP contribution in [0.1, 0.15) is 30.6 Å². The van der Waals surface area contributed by atoms with Crippen molar-refractivity contribution in [1.82, 2.24) is 0 Å². The van der Waals surface area contributed by atoms with Gasteiger partial charge in [0.05, 0.1) is 18.6 Å². The zero-order chi connectivity index (χ0) is 9.68. The zero-order valence-corrected chi connectivity index (χ0v) is 7.70. The predicted octanol–water partition coefficient (Wildman–Crippen LogP) is 2.20. The first-order chi connectivity index (χ1) is 6.29. The predicted molar refractivity (Wildman–Crippen MR) is 51.0 cm³/mol. The number of hydrogen-bond donors (Lipinski definition) is 1. The van der Waals surface area contributed by atoms with E-state index in [1.54, 1.807) is 0 Å². The van der Waals surface area contributed by atoms with Crippen molar-refractivity contribution in [3.63, 3.8) is 0 Å². The van der Waals surface area contributed by atoms with Crippen LogP contribution >= 0.6 is 0 Å². The van der Waals surface area contributed by atoms with Crippen molar-refractivity contribution in [3.05, 3.63) is 35.4 Å². The molecule has 0 amide bonds. The van der Waals surface area contributed by atoms with Crippen LogP contribution in [0.2, 0.25) is 0 Å². The van der Waals surface area contributed by atoms with Gasteiger partial charge in [0.2, 0.25) is 0 Å². The number of aliphatic hydroxyl groups excluding tert-OH is 1. The fourth-order valence-electron chi connectivity index (χ4n) is 1.38. The molecule has 1 rings (SSSR count). The lowest BCUT2D eigenvalue weighted by atomic mass is 9.99. The molecule has 1 aromatic rings. The molecule has 0 bridgehead atoms. The van der Waals surface area contributed by atoms with E-state index in [9.17, 15) is 5.11 Å². The van der Waals surface area contributed by atoms with Crippen molar-refractivity contribution >= 4 is 0 Å². The lowest BCUT2D eigenvalue weighted by Crippen LogP contribution is -2.00. The van der Waals surface area contributed by atoms with Gasteiger partial charge in [-0.25, -0.2) is 0 Å². The first-order valence-corrected chi connectivity index (χ1v) is 4.42. The van der Waals surface area contributed by atoms with Crippen LogP contribution in [0.3, 0.4) is 0 Å². The number of hydrogen-bond acceptors (Lipinski definition) is 2. The SMILES string of the molecule is CCc1ccccc1C(O)CC#N. The Labute approximate surface area is 78.4 Å². The Bertz CT molecular complexity index is 314. The molecule has 0 heterocycles. The summed E-state index contributed by atoms with van der Waals surface area (Å²) in [6.07, 6.45) is 0.413. The van der Waals surface area contributed by atoms with Crippen molar-refractivity contribution < 1.29 is 5.11 Å². The first-order valence-electron chi connectivity index (χ1n) is 4.42. The Morgan fingerprint density at radius 1 is 1.46 bits per heavy atom. The normalized spacial score (nSPS) is 12.1. The van der Waals surface area contributed by atoms with Gasteiger partial charge in [-0.15, -0.1) is 0 Å². The molecule has 1 atom stereocenters. The van der Waals surface area contributed by atoms with Crippen LogP contribution in [-0.4, -0.2) is 5.11 Å². The van der Waals surface area contributed by atoms with Gasteiger partial charge in [0.25, 0.3) is 0 Å². The molecule has 1 aromatic carbocycles. The largest absolute Gasteiger partial charge is 0.387 e. The van der Waals surface area contributed by atoms with Crippen LogP contribution in [0.5, 0.6) is 0 Å². The van der Waals surface area contributed by atoms with E-state index in [2.05, 4.69) is 0 Å². The minimum Gasteiger partial charge on any atom is -0.387 e. The quantitative estimate of drug-likeness (QED) is 0.765. The van der Waals surface area contributed by atoms with Crippen LogP contribution in [0.25, 0.3) is 0 Å². The second-order valence-electron chi connectivity index (χ2n) is 2.93. The molecule has 0 spiro atoms. The summed E-state index contributed by atoms with van der Waals surface area (Å²) in [5, 5.41) is 18.1. The van der Waals surface area contributed by atoms with E-state index in [0.29, 0.717) is 0 Å². The zero-order valence-electron chi connectivity index (χ0n) is 7.70. The number of nitriles is 1. The molecule has 0 aliphatic heterocycles. The first kappa shape index (κ1) is 9.76. The van der Waals surface area contributed by atoms with Crippen LogP contribution in [0, 0.1) is 11.3 Å². The summed E-state index contributed by atoms with van der Waals surface area (Å²) in [6.45, 7) is 2.04. The van der Waals surface area contributed by atoms with Gasteiger partial charge in [-0.3, -0.25) is 0 Å². The Morgan fingerprint density at radius 3 is 2.77 bits per heavy atom. The number of benzene rings is 1. The topological polar surface area (TPSA) is 44.0 Å². The van der Waals surface area contributed by atoms with E-state index in [-0.39, 0.29) is 6.42 Å². The number of nitrogens with zero attached hydrogens (tertiary/aromatic N) is 1. The molecule has 0 fully saturated rings. The lowest BCUT2D eigenvalue weighted by molar-refractivity contribution is 0.182. The van der Waals surface area contributed by atoms with Crippen molar-refractivity contribution in [2.24, 2.45) is 0 Å². The molecule has 1 N–H and O–H groups in total. The molecule has 0 aromatic heterocycles. The Balaban J connectivity index is 2.93. The van der Waals surface area contributed by atoms with Crippen LogP contribution < -0.4 is 0 Å². The number of aliphatic hydroxyl groups is 1. The maximum atomic E-state index is 9.61. The molecule has 0 saturated carbocycles. The van der Waals surface area contributed by atoms with Crippen molar-refractivity contribution in [3.8, 4) is 6.07 Å². The summed E-state index contributed by atoms with van der Waals surface area (Å²) in [4.78, 5) is 0. The highest BCUT2D eigenvalue weighted by atomic mass is 16.3. The smallest absolute Gasteiger partial charge is 0.0922 e. The minimum absolute atomic E-state index is 0.164. The highest BCUT2D eigenvalue weighted by Gasteiger charge is 2.09. The average Bonchev–Trinajstić information content (AvgIpc) is 2.18. The van der Waals surface area contributed by atoms with E-state index in [4.69, 9.17) is 5.26 Å². The van der Waals surface area contributed by atoms with E-state index < -0.39 is 6.10 Å². The van der Waals surface area contributed by atoms with Gasteiger partial charge in [-0.1, -0.05) is 31.2 Å². The summed E-state index contributed by atoms with van der Waals surface area (Å²) in [6, 6.07) is 9.66. The summed E-state index contributed by atoms with van der Waals surface area (Å²) in [5.74, 6) is 0. The monoisotopic (exact) mass is 175 g/mol. The fraction of sp³-hybridized carbons (Fsp3) is 0.364. The van der Waals surface area contributed by atoms with Gasteiger partial charge in [0.15, 0.2) is 0 Å². The van der Waals surface area contributed by atoms with Crippen molar-refractivity contribution in [2.75, 3.05) is 0 Å². The highest BCUT2D eigenvalue weighted by Crippen LogP contribution is 2.20. The standard InChI is InChI=1S/C11H13NO/c1-2-9-5-3-4-6-10(9)11(13)7-8-12/h3-6,11,13H,2,7H2,1H3. The lowest BCUT2D eigenvalue weighted by Gasteiger charge is -2.11. The van der Waals surface area contributed by atoms with Crippen LogP contribution in [-0.2, 0) is 6.42 Å². The molecular weight excluding hydrogens is 162 g/mol. The van der Waals surface area contributed by atoms with E-state index in [1.165, 1.54) is 0 Å². The van der Waals surface area contributed by atoms with E-state index in [0.717, 1.165) is 17.5 Å². The van der Waals surface area contributed by atoms with Gasteiger partial charge >= 0.3 is 0 Å². The van der Waals surface area contributed by atoms with E-state index >= 15 is 0 Å². The van der Waals surface area contributed by atoms with Gasteiger partial charge in [-0.05, 0) is 17.5 Å². The van der Waals surface area contributed by atoms with Gasteiger partial charge in [0.1, 0.15) is 0 Å². The van der Waals surface area contributed by atoms with Crippen LogP contribution in [0.4, 0.5) is 0 Å². The van der Waals surface area contributed by atoms with Gasteiger partial charge in [0, 0.05) is 0 Å². The molecule has 0 aliphatic carbocycles. The molecule has 0 saturated heterocycles. The third kappa shape index (κ3) is 2.30. The maximum absolute atomic E-state index is 9.61. The molecule has 68 valence electrons. The third-order valence-electron chi connectivity index (χ3n) is 2.08. The second-order valence-corrected chi connectivity index (χ2v) is 2.93. The molecule has 2 nitrogen and oxygen atoms in total.